The number of halogens is 8. The second kappa shape index (κ2) is 23.9. The summed E-state index contributed by atoms with van der Waals surface area (Å²) in [6.07, 6.45) is -3.43. The molecule has 2 saturated heterocycles. The van der Waals surface area contributed by atoms with Gasteiger partial charge in [-0.2, -0.15) is 31.1 Å². The van der Waals surface area contributed by atoms with E-state index in [-0.39, 0.29) is 69.4 Å². The molecule has 8 rings (SSSR count). The number of rotatable bonds is 6. The zero-order valence-corrected chi connectivity index (χ0v) is 44.2. The third-order valence-electron chi connectivity index (χ3n) is 11.2. The predicted molar refractivity (Wildman–Crippen MR) is 268 cm³/mol. The number of nitrogens with zero attached hydrogens (tertiary/aromatic N) is 10. The lowest BCUT2D eigenvalue weighted by Crippen LogP contribution is -2.47. The number of aromatic nitrogens is 8. The Kier molecular flexibility index (Phi) is 18.2. The molecular weight excluding hydrogens is 1070 g/mol. The molecule has 2 fully saturated rings. The maximum absolute atomic E-state index is 14.0. The van der Waals surface area contributed by atoms with Gasteiger partial charge in [0.25, 0.3) is 0 Å². The fourth-order valence-corrected chi connectivity index (χ4v) is 8.13. The Balaban J connectivity index is 0.000000230. The molecule has 4 aliphatic rings. The van der Waals surface area contributed by atoms with Crippen LogP contribution in [0, 0.1) is 0 Å². The van der Waals surface area contributed by atoms with E-state index in [1.807, 2.05) is 0 Å². The van der Waals surface area contributed by atoms with Gasteiger partial charge in [-0.25, -0.2) is 53.6 Å². The summed E-state index contributed by atoms with van der Waals surface area (Å²) in [4.78, 5) is 74.0. The number of carbonyl (C=O) groups is 4. The monoisotopic (exact) mass is 1130 g/mol. The van der Waals surface area contributed by atoms with Gasteiger partial charge in [0.2, 0.25) is 11.9 Å². The Bertz CT molecular complexity index is 3050. The van der Waals surface area contributed by atoms with E-state index >= 15 is 0 Å². The summed E-state index contributed by atoms with van der Waals surface area (Å²) in [5.41, 5.74) is -4.54. The first-order valence-corrected chi connectivity index (χ1v) is 24.2. The summed E-state index contributed by atoms with van der Waals surface area (Å²) in [7, 11) is 2.35. The Morgan fingerprint density at radius 1 is 0.675 bits per heavy atom. The van der Waals surface area contributed by atoms with Crippen molar-refractivity contribution in [2.24, 2.45) is 0 Å². The fraction of sp³-hybridized carbons (Fsp3) is 0.458. The van der Waals surface area contributed by atoms with Gasteiger partial charge in [-0.3, -0.25) is 0 Å². The lowest BCUT2D eigenvalue weighted by atomic mass is 10.0. The molecule has 0 aliphatic carbocycles. The van der Waals surface area contributed by atoms with Gasteiger partial charge >= 0.3 is 36.1 Å². The van der Waals surface area contributed by atoms with Crippen LogP contribution in [0.15, 0.2) is 55.2 Å². The molecule has 4 aromatic rings. The molecule has 29 heteroatoms. The topological polar surface area (TPSA) is 243 Å². The molecule has 2 atom stereocenters. The summed E-state index contributed by atoms with van der Waals surface area (Å²) in [6, 6.07) is 5.32. The van der Waals surface area contributed by atoms with E-state index in [1.165, 1.54) is 48.8 Å². The Morgan fingerprint density at radius 3 is 1.62 bits per heavy atom. The summed E-state index contributed by atoms with van der Waals surface area (Å²) >= 11 is 10.6. The highest BCUT2D eigenvalue weighted by molar-refractivity contribution is 6.61. The van der Waals surface area contributed by atoms with Crippen LogP contribution in [0.3, 0.4) is 0 Å². The van der Waals surface area contributed by atoms with Crippen LogP contribution in [-0.2, 0) is 31.3 Å². The number of ether oxygens (including phenoxy) is 4. The molecule has 0 spiro atoms. The van der Waals surface area contributed by atoms with Crippen molar-refractivity contribution in [2.75, 3.05) is 51.0 Å². The van der Waals surface area contributed by atoms with E-state index in [4.69, 9.17) is 25.8 Å². The average Bonchev–Trinajstić information content (AvgIpc) is 3.97. The van der Waals surface area contributed by atoms with Crippen LogP contribution in [-0.4, -0.2) is 142 Å². The SMILES string of the molecule is CC(C)(C)OC(=O)N1CCC[C@H](Nc2ncc(C(F)(F)F)c(-c3cnc4n(O)cccc3-4)n2)C1.COC(=O)Cl.COC(=O)n1cc(-c2nc(N[C@H]3CCCN(C(=O)OC(C)(C)C)C3)ncc2C(F)(F)F)c2ccc(Cl)nc21. The maximum atomic E-state index is 14.0. The number of piperidine rings is 2. The lowest BCUT2D eigenvalue weighted by Gasteiger charge is -2.34. The molecule has 0 bridgehead atoms. The van der Waals surface area contributed by atoms with Crippen LogP contribution >= 0.6 is 23.2 Å². The van der Waals surface area contributed by atoms with E-state index in [9.17, 15) is 50.7 Å². The van der Waals surface area contributed by atoms with Gasteiger partial charge in [0.1, 0.15) is 27.5 Å². The number of methoxy groups -OCH3 is 2. The van der Waals surface area contributed by atoms with E-state index in [1.54, 1.807) is 52.5 Å². The van der Waals surface area contributed by atoms with Gasteiger partial charge in [-0.1, -0.05) is 11.6 Å². The Morgan fingerprint density at radius 2 is 1.17 bits per heavy atom. The van der Waals surface area contributed by atoms with Gasteiger partial charge in [0.05, 0.1) is 25.6 Å². The van der Waals surface area contributed by atoms with Crippen LogP contribution in [0.4, 0.5) is 57.4 Å². The standard InChI is InChI=1S/C24H26ClF3N6O4.C22H25F3N6O3.C2H3ClO2/c1-23(2,3)38-21(35)33-9-5-6-13(11-33)30-20-29-10-16(24(26,27)28)18(32-20)15-12-34(22(36)37-4)19-14(15)7-8-17(25)31-19;1-21(2,3)34-20(32)30-8-4-6-13(12-30)28-19-27-11-16(22(23,24)25)17(29-19)15-10-26-18-14(15)7-5-9-31(18)33;1-5-2(3)4/h7-8,10,12-13H,5-6,9,11H2,1-4H3,(H,29,30,32);5,7,9-11,13,33H,4,6,8,12H2,1-3H3,(H,27,28,29);1H3/t2*13-;/m00./s1. The number of nitrogens with one attached hydrogen (secondary N) is 2. The van der Waals surface area contributed by atoms with Crippen LogP contribution in [0.2, 0.25) is 5.15 Å². The summed E-state index contributed by atoms with van der Waals surface area (Å²) < 4.78 is 104. The predicted octanol–water partition coefficient (Wildman–Crippen LogP) is 11.1. The van der Waals surface area contributed by atoms with E-state index in [2.05, 4.69) is 56.9 Å². The van der Waals surface area contributed by atoms with Crippen molar-refractivity contribution >= 4 is 69.8 Å². The molecule has 4 aromatic heterocycles. The fourth-order valence-electron chi connectivity index (χ4n) is 7.99. The number of carbonyl (C=O) groups excluding carboxylic acids is 4. The average molecular weight is 1130 g/mol. The molecule has 3 N–H and O–H groups in total. The molecule has 0 unspecified atom stereocenters. The van der Waals surface area contributed by atoms with Crippen LogP contribution in [0.25, 0.3) is 44.9 Å². The van der Waals surface area contributed by atoms with E-state index in [0.717, 1.165) is 22.6 Å². The number of alkyl halides is 6. The minimum atomic E-state index is -4.79. The van der Waals surface area contributed by atoms with Gasteiger partial charge in [-0.15, -0.1) is 0 Å². The molecule has 8 heterocycles. The summed E-state index contributed by atoms with van der Waals surface area (Å²) in [6.45, 7) is 12.2. The van der Waals surface area contributed by atoms with Gasteiger partial charge in [0, 0.05) is 103 Å². The molecule has 416 valence electrons. The molecule has 0 saturated carbocycles. The lowest BCUT2D eigenvalue weighted by molar-refractivity contribution is -0.138. The maximum Gasteiger partial charge on any atom is 0.419 e. The van der Waals surface area contributed by atoms with Crippen LogP contribution in [0.1, 0.15) is 78.4 Å². The van der Waals surface area contributed by atoms with E-state index < -0.39 is 64.1 Å². The van der Waals surface area contributed by atoms with Crippen molar-refractivity contribution in [3.05, 3.63) is 71.5 Å². The minimum Gasteiger partial charge on any atom is -0.457 e. The molecule has 77 heavy (non-hydrogen) atoms. The van der Waals surface area contributed by atoms with Crippen molar-refractivity contribution < 1.29 is 69.7 Å². The van der Waals surface area contributed by atoms with Crippen molar-refractivity contribution in [3.63, 3.8) is 0 Å². The van der Waals surface area contributed by atoms with Gasteiger partial charge in [-0.05, 0) is 91.5 Å². The first-order chi connectivity index (χ1) is 36.0. The number of pyridine rings is 2. The summed E-state index contributed by atoms with van der Waals surface area (Å²) in [5.74, 6) is 0.0464. The molecule has 21 nitrogen and oxygen atoms in total. The van der Waals surface area contributed by atoms with Crippen molar-refractivity contribution in [1.29, 1.82) is 0 Å². The number of hydrogen-bond donors (Lipinski definition) is 3. The summed E-state index contributed by atoms with van der Waals surface area (Å²) in [5, 5.41) is 16.3. The van der Waals surface area contributed by atoms with E-state index in [0.29, 0.717) is 57.1 Å². The number of likely N-dealkylation sites (tertiary alicyclic amines) is 2. The molecule has 4 aliphatic heterocycles. The first-order valence-electron chi connectivity index (χ1n) is 23.5. The van der Waals surface area contributed by atoms with Crippen molar-refractivity contribution in [3.8, 4) is 33.9 Å². The quantitative estimate of drug-likeness (QED) is 0.0461. The zero-order valence-electron chi connectivity index (χ0n) is 42.7. The van der Waals surface area contributed by atoms with Crippen LogP contribution in [0.5, 0.6) is 0 Å². The third kappa shape index (κ3) is 15.4. The smallest absolute Gasteiger partial charge is 0.419 e. The zero-order chi connectivity index (χ0) is 56.8. The van der Waals surface area contributed by atoms with Gasteiger partial charge < -0.3 is 44.6 Å². The molecule has 0 radical (unpaired) electrons. The minimum absolute atomic E-state index is 0.00111. The normalized spacial score (nSPS) is 16.1. The molecule has 2 amide bonds. The van der Waals surface area contributed by atoms with Crippen molar-refractivity contribution in [2.45, 2.75) is 103 Å². The Labute approximate surface area is 446 Å². The highest BCUT2D eigenvalue weighted by Crippen LogP contribution is 2.42. The number of amides is 2. The number of hydrogen-bond acceptors (Lipinski definition) is 17. The third-order valence-corrected chi connectivity index (χ3v) is 11.6. The second-order valence-corrected chi connectivity index (χ2v) is 20.0. The number of anilines is 2. The highest BCUT2D eigenvalue weighted by atomic mass is 35.5. The highest BCUT2D eigenvalue weighted by Gasteiger charge is 2.39. The number of fused-ring (bicyclic) bond motifs is 2. The van der Waals surface area contributed by atoms with Crippen LogP contribution < -0.4 is 10.6 Å². The molecule has 0 aromatic carbocycles. The largest absolute Gasteiger partial charge is 0.457 e. The van der Waals surface area contributed by atoms with Crippen molar-refractivity contribution in [1.82, 2.24) is 49.0 Å². The molecular formula is C48H54Cl2F6N12O9. The van der Waals surface area contributed by atoms with Gasteiger partial charge in [0.15, 0.2) is 11.5 Å². The Hall–Kier alpha value is -7.42. The first kappa shape index (κ1) is 58.8. The second-order valence-electron chi connectivity index (χ2n) is 19.3.